The first kappa shape index (κ1) is 25.0. The molecule has 0 N–H and O–H groups in total. The molecule has 0 aliphatic heterocycles. The third kappa shape index (κ3) is 8.72. The summed E-state index contributed by atoms with van der Waals surface area (Å²) in [5.74, 6) is 9.49. The van der Waals surface area contributed by atoms with Gasteiger partial charge < -0.3 is 4.74 Å². The van der Waals surface area contributed by atoms with E-state index in [0.29, 0.717) is 5.92 Å². The van der Waals surface area contributed by atoms with E-state index in [9.17, 15) is 13.2 Å². The van der Waals surface area contributed by atoms with Crippen molar-refractivity contribution < 1.29 is 17.9 Å². The predicted molar refractivity (Wildman–Crippen MR) is 124 cm³/mol. The van der Waals surface area contributed by atoms with E-state index in [-0.39, 0.29) is 5.75 Å². The number of halogens is 3. The first-order valence-corrected chi connectivity index (χ1v) is 12.8. The van der Waals surface area contributed by atoms with Crippen molar-refractivity contribution in [3.63, 3.8) is 0 Å². The average molecular weight is 449 g/mol. The second kappa shape index (κ2) is 12.6. The molecular weight excluding hydrogens is 409 g/mol. The summed E-state index contributed by atoms with van der Waals surface area (Å²) < 4.78 is 40.7. The molecular formula is C28H39F3O. The quantitative estimate of drug-likeness (QED) is 0.285. The van der Waals surface area contributed by atoms with Gasteiger partial charge in [0.1, 0.15) is 5.75 Å². The second-order valence-corrected chi connectivity index (χ2v) is 9.94. The van der Waals surface area contributed by atoms with Crippen molar-refractivity contribution in [2.24, 2.45) is 23.7 Å². The monoisotopic (exact) mass is 448 g/mol. The molecule has 1 aromatic carbocycles. The molecule has 2 saturated carbocycles. The van der Waals surface area contributed by atoms with Gasteiger partial charge in [-0.3, -0.25) is 0 Å². The number of hydrogen-bond acceptors (Lipinski definition) is 1. The molecule has 0 saturated heterocycles. The van der Waals surface area contributed by atoms with Gasteiger partial charge in [0.2, 0.25) is 0 Å². The standard InChI is InChI=1S/C28H39F3O/c1-2-3-4-5-6-7-22-10-16-25(17-11-22)26-18-12-23(13-19-26)8-9-24-14-20-27(21-15-24)32-28(29,30)31/h14-15,20-23,25-26H,2-7,10-13,16-19H2,1H3/t22-,23?,25-,26?. The molecule has 0 atom stereocenters. The highest BCUT2D eigenvalue weighted by Gasteiger charge is 2.31. The van der Waals surface area contributed by atoms with E-state index in [1.54, 1.807) is 12.1 Å². The van der Waals surface area contributed by atoms with Crippen molar-refractivity contribution in [3.8, 4) is 17.6 Å². The maximum atomic E-state index is 12.3. The molecule has 2 fully saturated rings. The number of rotatable bonds is 8. The molecule has 2 aliphatic carbocycles. The van der Waals surface area contributed by atoms with E-state index < -0.39 is 6.36 Å². The summed E-state index contributed by atoms with van der Waals surface area (Å²) in [6.07, 6.45) is 14.4. The molecule has 0 amide bonds. The lowest BCUT2D eigenvalue weighted by Crippen LogP contribution is -2.25. The largest absolute Gasteiger partial charge is 0.573 e. The van der Waals surface area contributed by atoms with E-state index in [1.807, 2.05) is 0 Å². The first-order valence-electron chi connectivity index (χ1n) is 12.8. The highest BCUT2D eigenvalue weighted by molar-refractivity contribution is 5.38. The number of alkyl halides is 3. The molecule has 178 valence electrons. The molecule has 0 bridgehead atoms. The zero-order chi connectivity index (χ0) is 22.8. The Labute approximate surface area is 192 Å². The minimum absolute atomic E-state index is 0.199. The molecule has 4 heteroatoms. The van der Waals surface area contributed by atoms with E-state index in [0.717, 1.165) is 36.2 Å². The number of benzene rings is 1. The fourth-order valence-corrected chi connectivity index (χ4v) is 5.65. The summed E-state index contributed by atoms with van der Waals surface area (Å²) >= 11 is 0. The minimum atomic E-state index is -4.65. The molecule has 0 unspecified atom stereocenters. The maximum Gasteiger partial charge on any atom is 0.573 e. The Morgan fingerprint density at radius 3 is 2.00 bits per heavy atom. The number of ether oxygens (including phenoxy) is 1. The molecule has 1 nitrogen and oxygen atoms in total. The van der Waals surface area contributed by atoms with Gasteiger partial charge >= 0.3 is 6.36 Å². The molecule has 0 heterocycles. The predicted octanol–water partition coefficient (Wildman–Crippen LogP) is 8.91. The summed E-state index contributed by atoms with van der Waals surface area (Å²) in [5.41, 5.74) is 0.745. The Morgan fingerprint density at radius 1 is 0.812 bits per heavy atom. The van der Waals surface area contributed by atoms with Gasteiger partial charge in [0.25, 0.3) is 0 Å². The van der Waals surface area contributed by atoms with Crippen molar-refractivity contribution in [1.29, 1.82) is 0 Å². The van der Waals surface area contributed by atoms with Gasteiger partial charge in [0, 0.05) is 11.5 Å². The zero-order valence-corrected chi connectivity index (χ0v) is 19.6. The third-order valence-electron chi connectivity index (χ3n) is 7.55. The van der Waals surface area contributed by atoms with Crippen LogP contribution in [0.5, 0.6) is 5.75 Å². The van der Waals surface area contributed by atoms with Crippen LogP contribution >= 0.6 is 0 Å². The molecule has 3 rings (SSSR count). The lowest BCUT2D eigenvalue weighted by atomic mass is 9.69. The summed E-state index contributed by atoms with van der Waals surface area (Å²) in [7, 11) is 0. The zero-order valence-electron chi connectivity index (χ0n) is 19.6. The van der Waals surface area contributed by atoms with Gasteiger partial charge in [-0.25, -0.2) is 0 Å². The van der Waals surface area contributed by atoms with Crippen molar-refractivity contribution >= 4 is 0 Å². The Bertz CT molecular complexity index is 712. The average Bonchev–Trinajstić information content (AvgIpc) is 2.78. The summed E-state index contributed by atoms with van der Waals surface area (Å²) in [6.45, 7) is 2.28. The van der Waals surface area contributed by atoms with Crippen LogP contribution in [0.2, 0.25) is 0 Å². The van der Waals surface area contributed by atoms with Gasteiger partial charge in [0.15, 0.2) is 0 Å². The lowest BCUT2D eigenvalue weighted by molar-refractivity contribution is -0.274. The molecule has 2 aliphatic rings. The van der Waals surface area contributed by atoms with Crippen molar-refractivity contribution in [1.82, 2.24) is 0 Å². The van der Waals surface area contributed by atoms with Crippen LogP contribution < -0.4 is 4.74 Å². The third-order valence-corrected chi connectivity index (χ3v) is 7.55. The summed E-state index contributed by atoms with van der Waals surface area (Å²) in [4.78, 5) is 0. The van der Waals surface area contributed by atoms with Crippen LogP contribution in [0.3, 0.4) is 0 Å². The van der Waals surface area contributed by atoms with E-state index in [4.69, 9.17) is 0 Å². The Kier molecular flexibility index (Phi) is 9.82. The van der Waals surface area contributed by atoms with Crippen LogP contribution in [0.4, 0.5) is 13.2 Å². The minimum Gasteiger partial charge on any atom is -0.406 e. The molecule has 32 heavy (non-hydrogen) atoms. The molecule has 0 radical (unpaired) electrons. The fraction of sp³-hybridized carbons (Fsp3) is 0.714. The Morgan fingerprint density at radius 2 is 1.41 bits per heavy atom. The van der Waals surface area contributed by atoms with E-state index >= 15 is 0 Å². The van der Waals surface area contributed by atoms with Gasteiger partial charge in [-0.1, -0.05) is 70.1 Å². The Balaban J connectivity index is 1.35. The van der Waals surface area contributed by atoms with Crippen LogP contribution in [0, 0.1) is 35.5 Å². The summed E-state index contributed by atoms with van der Waals surface area (Å²) in [6, 6.07) is 5.86. The van der Waals surface area contributed by atoms with E-state index in [2.05, 4.69) is 23.5 Å². The first-order chi connectivity index (χ1) is 15.4. The topological polar surface area (TPSA) is 9.23 Å². The number of unbranched alkanes of at least 4 members (excludes halogenated alkanes) is 4. The van der Waals surface area contributed by atoms with Crippen LogP contribution in [0.1, 0.15) is 102 Å². The fourth-order valence-electron chi connectivity index (χ4n) is 5.65. The second-order valence-electron chi connectivity index (χ2n) is 9.94. The smallest absolute Gasteiger partial charge is 0.406 e. The summed E-state index contributed by atoms with van der Waals surface area (Å²) in [5, 5.41) is 0. The van der Waals surface area contributed by atoms with Crippen LogP contribution in [-0.4, -0.2) is 6.36 Å². The van der Waals surface area contributed by atoms with Crippen molar-refractivity contribution in [3.05, 3.63) is 29.8 Å². The van der Waals surface area contributed by atoms with Crippen LogP contribution in [0.15, 0.2) is 24.3 Å². The van der Waals surface area contributed by atoms with Gasteiger partial charge in [-0.2, -0.15) is 0 Å². The SMILES string of the molecule is CCCCCCC[C@H]1CC[C@H](C2CCC(C#Cc3ccc(OC(F)(F)F)cc3)CC2)CC1. The van der Waals surface area contributed by atoms with Gasteiger partial charge in [-0.15, -0.1) is 13.2 Å². The maximum absolute atomic E-state index is 12.3. The molecule has 0 aromatic heterocycles. The van der Waals surface area contributed by atoms with Gasteiger partial charge in [0.05, 0.1) is 0 Å². The highest BCUT2D eigenvalue weighted by atomic mass is 19.4. The molecule has 1 aromatic rings. The van der Waals surface area contributed by atoms with Crippen molar-refractivity contribution in [2.45, 2.75) is 103 Å². The Hall–Kier alpha value is -1.63. The normalized spacial score (nSPS) is 26.2. The van der Waals surface area contributed by atoms with Crippen molar-refractivity contribution in [2.75, 3.05) is 0 Å². The van der Waals surface area contributed by atoms with Crippen LogP contribution in [0.25, 0.3) is 0 Å². The lowest BCUT2D eigenvalue weighted by Gasteiger charge is -2.37. The molecule has 0 spiro atoms. The number of hydrogen-bond donors (Lipinski definition) is 0. The van der Waals surface area contributed by atoms with E-state index in [1.165, 1.54) is 89.2 Å². The highest BCUT2D eigenvalue weighted by Crippen LogP contribution is 2.42. The van der Waals surface area contributed by atoms with Crippen LogP contribution in [-0.2, 0) is 0 Å². The van der Waals surface area contributed by atoms with Gasteiger partial charge in [-0.05, 0) is 80.5 Å².